The van der Waals surface area contributed by atoms with Crippen LogP contribution in [0.4, 0.5) is 11.4 Å². The maximum Gasteiger partial charge on any atom is 0.291 e. The van der Waals surface area contributed by atoms with Gasteiger partial charge in [0, 0.05) is 17.9 Å². The highest BCUT2D eigenvalue weighted by Gasteiger charge is 2.27. The van der Waals surface area contributed by atoms with Crippen molar-refractivity contribution in [3.8, 4) is 6.07 Å². The number of nitriles is 1. The van der Waals surface area contributed by atoms with Gasteiger partial charge >= 0.3 is 0 Å². The number of benzene rings is 2. The van der Waals surface area contributed by atoms with Gasteiger partial charge in [-0.15, -0.1) is 0 Å². The molecule has 2 N–H and O–H groups in total. The van der Waals surface area contributed by atoms with Crippen LogP contribution < -0.4 is 10.6 Å². The number of nitrogens with zero attached hydrogens (tertiary/aromatic N) is 3. The summed E-state index contributed by atoms with van der Waals surface area (Å²) in [5.74, 6) is -0.519. The van der Waals surface area contributed by atoms with Gasteiger partial charge in [0.1, 0.15) is 0 Å². The van der Waals surface area contributed by atoms with Crippen molar-refractivity contribution < 1.29 is 9.59 Å². The molecule has 0 unspecified atom stereocenters. The fourth-order valence-corrected chi connectivity index (χ4v) is 3.46. The van der Waals surface area contributed by atoms with E-state index >= 15 is 0 Å². The van der Waals surface area contributed by atoms with Crippen LogP contribution in [0.2, 0.25) is 0 Å². The third-order valence-electron chi connectivity index (χ3n) is 4.82. The predicted octanol–water partition coefficient (Wildman–Crippen LogP) is 3.60. The lowest BCUT2D eigenvalue weighted by Gasteiger charge is -2.17. The first kappa shape index (κ1) is 18.4. The molecule has 0 atom stereocenters. The van der Waals surface area contributed by atoms with Crippen molar-refractivity contribution in [2.75, 3.05) is 10.6 Å². The standard InChI is InChI=1S/C22H19N5O2/c23-14-15-7-6-10-17(13-15)25-22(29)20-26-19(18-11-4-5-12-27(18)20)21(28)24-16-8-2-1-3-9-16/h1-3,6-10,13H,4-5,11-12H2,(H,24,28)(H,25,29). The van der Waals surface area contributed by atoms with E-state index in [1.165, 1.54) is 0 Å². The topological polar surface area (TPSA) is 99.8 Å². The lowest BCUT2D eigenvalue weighted by atomic mass is 10.1. The minimum absolute atomic E-state index is 0.209. The Morgan fingerprint density at radius 1 is 0.966 bits per heavy atom. The third-order valence-corrected chi connectivity index (χ3v) is 4.82. The minimum atomic E-state index is -0.401. The number of carbonyl (C=O) groups is 2. The number of rotatable bonds is 4. The summed E-state index contributed by atoms with van der Waals surface area (Å²) in [6.07, 6.45) is 2.57. The van der Waals surface area contributed by atoms with Gasteiger partial charge in [-0.2, -0.15) is 5.26 Å². The molecule has 1 aliphatic heterocycles. The number of anilines is 2. The molecule has 0 radical (unpaired) electrons. The molecule has 0 fully saturated rings. The minimum Gasteiger partial charge on any atom is -0.323 e. The van der Waals surface area contributed by atoms with Gasteiger partial charge in [0.25, 0.3) is 11.8 Å². The highest BCUT2D eigenvalue weighted by molar-refractivity contribution is 6.07. The van der Waals surface area contributed by atoms with E-state index in [2.05, 4.69) is 15.6 Å². The third kappa shape index (κ3) is 3.87. The van der Waals surface area contributed by atoms with Crippen LogP contribution in [0, 0.1) is 11.3 Å². The second-order valence-corrected chi connectivity index (χ2v) is 6.81. The van der Waals surface area contributed by atoms with Gasteiger partial charge in [-0.05, 0) is 49.6 Å². The Kier molecular flexibility index (Phi) is 5.08. The molecule has 0 aliphatic carbocycles. The lowest BCUT2D eigenvalue weighted by Crippen LogP contribution is -2.21. The molecule has 2 heterocycles. The number of hydrogen-bond acceptors (Lipinski definition) is 4. The zero-order valence-electron chi connectivity index (χ0n) is 15.7. The van der Waals surface area contributed by atoms with Gasteiger partial charge in [-0.3, -0.25) is 9.59 Å². The van der Waals surface area contributed by atoms with Gasteiger partial charge in [-0.1, -0.05) is 24.3 Å². The Hall–Kier alpha value is -3.92. The van der Waals surface area contributed by atoms with Gasteiger partial charge in [0.2, 0.25) is 0 Å². The number of amides is 2. The second kappa shape index (κ2) is 7.98. The van der Waals surface area contributed by atoms with Crippen LogP contribution in [0.5, 0.6) is 0 Å². The van der Waals surface area contributed by atoms with Gasteiger partial charge in [-0.25, -0.2) is 4.98 Å². The normalized spacial score (nSPS) is 12.5. The first-order valence-electron chi connectivity index (χ1n) is 9.43. The first-order valence-corrected chi connectivity index (χ1v) is 9.43. The number of imidazole rings is 1. The fraction of sp³-hybridized carbons (Fsp3) is 0.182. The molecule has 1 aliphatic rings. The largest absolute Gasteiger partial charge is 0.323 e. The number of fused-ring (bicyclic) bond motifs is 1. The second-order valence-electron chi connectivity index (χ2n) is 6.81. The molecule has 7 nitrogen and oxygen atoms in total. The molecule has 29 heavy (non-hydrogen) atoms. The maximum absolute atomic E-state index is 12.9. The molecule has 0 saturated carbocycles. The van der Waals surface area contributed by atoms with E-state index in [1.54, 1.807) is 36.4 Å². The molecule has 0 spiro atoms. The molecule has 144 valence electrons. The van der Waals surface area contributed by atoms with Crippen LogP contribution in [0.3, 0.4) is 0 Å². The number of carbonyl (C=O) groups excluding carboxylic acids is 2. The first-order chi connectivity index (χ1) is 14.2. The van der Waals surface area contributed by atoms with E-state index < -0.39 is 5.91 Å². The van der Waals surface area contributed by atoms with E-state index in [9.17, 15) is 9.59 Å². The number of hydrogen-bond donors (Lipinski definition) is 2. The highest BCUT2D eigenvalue weighted by Crippen LogP contribution is 2.23. The molecule has 1 aromatic heterocycles. The van der Waals surface area contributed by atoms with Crippen LogP contribution in [0.1, 0.15) is 45.2 Å². The molecule has 0 bridgehead atoms. The molecule has 0 saturated heterocycles. The number of para-hydroxylation sites is 1. The quantitative estimate of drug-likeness (QED) is 0.717. The Labute approximate surface area is 168 Å². The van der Waals surface area contributed by atoms with Crippen LogP contribution in [0.15, 0.2) is 54.6 Å². The summed E-state index contributed by atoms with van der Waals surface area (Å²) in [4.78, 5) is 30.1. The summed E-state index contributed by atoms with van der Waals surface area (Å²) in [5.41, 5.74) is 2.70. The van der Waals surface area contributed by atoms with Gasteiger partial charge < -0.3 is 15.2 Å². The summed E-state index contributed by atoms with van der Waals surface area (Å²) < 4.78 is 1.83. The zero-order valence-corrected chi connectivity index (χ0v) is 15.7. The fourth-order valence-electron chi connectivity index (χ4n) is 3.46. The molecule has 3 aromatic rings. The van der Waals surface area contributed by atoms with Crippen molar-refractivity contribution in [2.24, 2.45) is 0 Å². The Bertz CT molecular complexity index is 1110. The Balaban J connectivity index is 1.63. The smallest absolute Gasteiger partial charge is 0.291 e. The van der Waals surface area contributed by atoms with Gasteiger partial charge in [0.15, 0.2) is 11.5 Å². The van der Waals surface area contributed by atoms with E-state index in [1.807, 2.05) is 28.8 Å². The molecular formula is C22H19N5O2. The van der Waals surface area contributed by atoms with Crippen molar-refractivity contribution in [1.29, 1.82) is 5.26 Å². The van der Waals surface area contributed by atoms with E-state index in [-0.39, 0.29) is 17.4 Å². The monoisotopic (exact) mass is 385 g/mol. The van der Waals surface area contributed by atoms with Crippen molar-refractivity contribution >= 4 is 23.2 Å². The maximum atomic E-state index is 12.9. The summed E-state index contributed by atoms with van der Waals surface area (Å²) in [7, 11) is 0. The van der Waals surface area contributed by atoms with Crippen LogP contribution in [-0.2, 0) is 13.0 Å². The average molecular weight is 385 g/mol. The number of aromatic nitrogens is 2. The molecule has 7 heteroatoms. The van der Waals surface area contributed by atoms with Crippen LogP contribution in [0.25, 0.3) is 0 Å². The summed E-state index contributed by atoms with van der Waals surface area (Å²) >= 11 is 0. The number of nitrogens with one attached hydrogen (secondary N) is 2. The lowest BCUT2D eigenvalue weighted by molar-refractivity contribution is 0.101. The highest BCUT2D eigenvalue weighted by atomic mass is 16.2. The SMILES string of the molecule is N#Cc1cccc(NC(=O)c2nc(C(=O)Nc3ccccc3)c3n2CCCC3)c1. The molecule has 4 rings (SSSR count). The van der Waals surface area contributed by atoms with Crippen molar-refractivity contribution in [3.05, 3.63) is 77.4 Å². The van der Waals surface area contributed by atoms with Crippen LogP contribution >= 0.6 is 0 Å². The van der Waals surface area contributed by atoms with Gasteiger partial charge in [0.05, 0.1) is 17.3 Å². The van der Waals surface area contributed by atoms with Crippen molar-refractivity contribution in [3.63, 3.8) is 0 Å². The average Bonchev–Trinajstić information content (AvgIpc) is 3.15. The summed E-state index contributed by atoms with van der Waals surface area (Å²) in [6.45, 7) is 0.641. The Morgan fingerprint density at radius 3 is 2.52 bits per heavy atom. The van der Waals surface area contributed by atoms with E-state index in [0.717, 1.165) is 18.5 Å². The van der Waals surface area contributed by atoms with Crippen LogP contribution in [-0.4, -0.2) is 21.4 Å². The van der Waals surface area contributed by atoms with Crippen molar-refractivity contribution in [2.45, 2.75) is 25.8 Å². The van der Waals surface area contributed by atoms with E-state index in [0.29, 0.717) is 29.9 Å². The summed E-state index contributed by atoms with van der Waals surface area (Å²) in [5, 5.41) is 14.7. The van der Waals surface area contributed by atoms with Crippen molar-refractivity contribution in [1.82, 2.24) is 9.55 Å². The zero-order chi connectivity index (χ0) is 20.2. The molecule has 2 aromatic carbocycles. The van der Waals surface area contributed by atoms with E-state index in [4.69, 9.17) is 5.26 Å². The molecule has 2 amide bonds. The predicted molar refractivity (Wildman–Crippen MR) is 109 cm³/mol. The summed E-state index contributed by atoms with van der Waals surface area (Å²) in [6, 6.07) is 17.9. The Morgan fingerprint density at radius 2 is 1.72 bits per heavy atom. The molecular weight excluding hydrogens is 366 g/mol.